The van der Waals surface area contributed by atoms with Crippen molar-refractivity contribution in [3.63, 3.8) is 0 Å². The summed E-state index contributed by atoms with van der Waals surface area (Å²) in [6, 6.07) is 7.10. The molecule has 0 aliphatic heterocycles. The van der Waals surface area contributed by atoms with Crippen LogP contribution in [0.5, 0.6) is 0 Å². The number of hydrogen-bond acceptors (Lipinski definition) is 6. The van der Waals surface area contributed by atoms with E-state index in [9.17, 15) is 22.8 Å². The largest absolute Gasteiger partial charge is 0.332 e. The number of benzene rings is 1. The number of anilines is 1. The number of hydrogen-bond donors (Lipinski definition) is 2. The highest BCUT2D eigenvalue weighted by atomic mass is 32.2. The number of fused-ring (bicyclic) bond motifs is 1. The summed E-state index contributed by atoms with van der Waals surface area (Å²) in [7, 11) is -0.876. The minimum atomic E-state index is -3.74. The first-order chi connectivity index (χ1) is 15.2. The van der Waals surface area contributed by atoms with Gasteiger partial charge in [0.25, 0.3) is 11.5 Å². The van der Waals surface area contributed by atoms with Crippen molar-refractivity contribution in [3.05, 3.63) is 62.9 Å². The van der Waals surface area contributed by atoms with E-state index in [2.05, 4.69) is 15.0 Å². The van der Waals surface area contributed by atoms with Gasteiger partial charge in [-0.25, -0.2) is 22.9 Å². The van der Waals surface area contributed by atoms with Gasteiger partial charge in [-0.2, -0.15) is 0 Å². The molecule has 0 bridgehead atoms. The third-order valence-corrected chi connectivity index (χ3v) is 7.15. The van der Waals surface area contributed by atoms with E-state index in [-0.39, 0.29) is 33.2 Å². The van der Waals surface area contributed by atoms with Crippen LogP contribution in [0.15, 0.2) is 51.0 Å². The first kappa shape index (κ1) is 21.9. The summed E-state index contributed by atoms with van der Waals surface area (Å²) in [6.45, 7) is 0. The molecule has 1 amide bonds. The van der Waals surface area contributed by atoms with Crippen molar-refractivity contribution in [3.8, 4) is 0 Å². The lowest BCUT2D eigenvalue weighted by molar-refractivity contribution is 0.102. The molecule has 1 aliphatic carbocycles. The third kappa shape index (κ3) is 4.08. The predicted octanol–water partition coefficient (Wildman–Crippen LogP) is 1.11. The van der Waals surface area contributed by atoms with Crippen molar-refractivity contribution < 1.29 is 13.2 Å². The summed E-state index contributed by atoms with van der Waals surface area (Å²) in [5.74, 6) is -0.550. The zero-order chi connectivity index (χ0) is 23.0. The van der Waals surface area contributed by atoms with E-state index in [0.717, 1.165) is 30.3 Å². The van der Waals surface area contributed by atoms with Crippen LogP contribution in [0.2, 0.25) is 0 Å². The van der Waals surface area contributed by atoms with Crippen molar-refractivity contribution in [2.24, 2.45) is 14.1 Å². The van der Waals surface area contributed by atoms with Crippen LogP contribution in [0, 0.1) is 0 Å². The molecule has 168 valence electrons. The molecule has 0 spiro atoms. The topological polar surface area (TPSA) is 132 Å². The van der Waals surface area contributed by atoms with Gasteiger partial charge in [-0.15, -0.1) is 0 Å². The molecule has 0 atom stereocenters. The Morgan fingerprint density at radius 3 is 2.53 bits per heavy atom. The summed E-state index contributed by atoms with van der Waals surface area (Å²) >= 11 is 0. The van der Waals surface area contributed by atoms with E-state index in [1.165, 1.54) is 55.2 Å². The maximum Gasteiger partial charge on any atom is 0.332 e. The molecule has 1 saturated carbocycles. The Kier molecular flexibility index (Phi) is 5.70. The van der Waals surface area contributed by atoms with Crippen molar-refractivity contribution in [1.82, 2.24) is 18.8 Å². The number of nitrogens with zero attached hydrogens (tertiary/aromatic N) is 3. The Hall–Kier alpha value is -3.31. The van der Waals surface area contributed by atoms with Crippen LogP contribution in [0.4, 0.5) is 5.69 Å². The number of pyridine rings is 1. The highest BCUT2D eigenvalue weighted by molar-refractivity contribution is 7.89. The van der Waals surface area contributed by atoms with Crippen molar-refractivity contribution in [2.45, 2.75) is 36.6 Å². The van der Waals surface area contributed by atoms with Crippen LogP contribution >= 0.6 is 0 Å². The molecule has 2 heterocycles. The van der Waals surface area contributed by atoms with Gasteiger partial charge >= 0.3 is 5.69 Å². The fourth-order valence-corrected chi connectivity index (χ4v) is 5.22. The number of sulfonamides is 1. The minimum Gasteiger partial charge on any atom is -0.321 e. The van der Waals surface area contributed by atoms with Gasteiger partial charge < -0.3 is 5.32 Å². The molecule has 0 radical (unpaired) electrons. The highest BCUT2D eigenvalue weighted by Crippen LogP contribution is 2.21. The quantitative estimate of drug-likeness (QED) is 0.590. The third-order valence-electron chi connectivity index (χ3n) is 5.63. The van der Waals surface area contributed by atoms with Crippen LogP contribution in [-0.2, 0) is 24.1 Å². The van der Waals surface area contributed by atoms with E-state index in [1.54, 1.807) is 0 Å². The Bertz CT molecular complexity index is 1440. The van der Waals surface area contributed by atoms with Gasteiger partial charge in [0.1, 0.15) is 5.65 Å². The average Bonchev–Trinajstić information content (AvgIpc) is 3.28. The van der Waals surface area contributed by atoms with Crippen LogP contribution in [0.1, 0.15) is 36.0 Å². The SMILES string of the molecule is Cn1c(=O)c2cc(NC(=O)c3cccc(S(=O)(=O)NC4CCCC4)c3)cnc2n(C)c1=O. The molecule has 4 rings (SSSR count). The number of nitrogens with one attached hydrogen (secondary N) is 2. The first-order valence-corrected chi connectivity index (χ1v) is 11.7. The van der Waals surface area contributed by atoms with E-state index in [1.807, 2.05) is 0 Å². The fourth-order valence-electron chi connectivity index (χ4n) is 3.87. The second kappa shape index (κ2) is 8.32. The van der Waals surface area contributed by atoms with E-state index >= 15 is 0 Å². The van der Waals surface area contributed by atoms with E-state index < -0.39 is 27.2 Å². The Morgan fingerprint density at radius 2 is 1.81 bits per heavy atom. The molecule has 10 nitrogen and oxygen atoms in total. The van der Waals surface area contributed by atoms with Gasteiger partial charge in [0.2, 0.25) is 10.0 Å². The highest BCUT2D eigenvalue weighted by Gasteiger charge is 2.23. The monoisotopic (exact) mass is 457 g/mol. The van der Waals surface area contributed by atoms with E-state index in [0.29, 0.717) is 0 Å². The number of carbonyl (C=O) groups excluding carboxylic acids is 1. The Morgan fingerprint density at radius 1 is 1.09 bits per heavy atom. The summed E-state index contributed by atoms with van der Waals surface area (Å²) in [6.07, 6.45) is 4.93. The molecular weight excluding hydrogens is 434 g/mol. The number of amides is 1. The van der Waals surface area contributed by atoms with Gasteiger partial charge in [0.15, 0.2) is 0 Å². The maximum absolute atomic E-state index is 12.8. The van der Waals surface area contributed by atoms with Crippen LogP contribution < -0.4 is 21.3 Å². The zero-order valence-corrected chi connectivity index (χ0v) is 18.5. The molecular formula is C21H23N5O5S. The summed E-state index contributed by atoms with van der Waals surface area (Å²) in [5.41, 5.74) is -0.445. The van der Waals surface area contributed by atoms with Crippen LogP contribution in [0.25, 0.3) is 11.0 Å². The lowest BCUT2D eigenvalue weighted by atomic mass is 10.2. The van der Waals surface area contributed by atoms with Gasteiger partial charge in [-0.1, -0.05) is 18.9 Å². The van der Waals surface area contributed by atoms with Gasteiger partial charge in [0.05, 0.1) is 22.2 Å². The molecule has 2 N–H and O–H groups in total. The summed E-state index contributed by atoms with van der Waals surface area (Å²) in [5, 5.41) is 2.80. The van der Waals surface area contributed by atoms with Gasteiger partial charge in [-0.3, -0.25) is 18.7 Å². The Balaban J connectivity index is 1.61. The van der Waals surface area contributed by atoms with Crippen molar-refractivity contribution >= 4 is 32.7 Å². The number of aryl methyl sites for hydroxylation is 1. The second-order valence-electron chi connectivity index (χ2n) is 7.89. The van der Waals surface area contributed by atoms with Gasteiger partial charge in [-0.05, 0) is 37.1 Å². The number of carbonyl (C=O) groups is 1. The fraction of sp³-hybridized carbons (Fsp3) is 0.333. The molecule has 1 fully saturated rings. The average molecular weight is 458 g/mol. The smallest absolute Gasteiger partial charge is 0.321 e. The molecule has 1 aliphatic rings. The lowest BCUT2D eigenvalue weighted by Crippen LogP contribution is -2.37. The molecule has 32 heavy (non-hydrogen) atoms. The zero-order valence-electron chi connectivity index (χ0n) is 17.7. The van der Waals surface area contributed by atoms with Gasteiger partial charge in [0, 0.05) is 25.7 Å². The molecule has 11 heteroatoms. The standard InChI is InChI=1S/C21H23N5O5S/c1-25-18-17(20(28)26(2)21(25)29)11-15(12-22-18)23-19(27)13-6-5-9-16(10-13)32(30,31)24-14-7-3-4-8-14/h5-6,9-12,14,24H,3-4,7-8H2,1-2H3,(H,23,27). The molecule has 1 aromatic carbocycles. The van der Waals surface area contributed by atoms with Crippen LogP contribution in [-0.4, -0.2) is 34.5 Å². The summed E-state index contributed by atoms with van der Waals surface area (Å²) in [4.78, 5) is 41.4. The van der Waals surface area contributed by atoms with Crippen LogP contribution in [0.3, 0.4) is 0 Å². The lowest BCUT2D eigenvalue weighted by Gasteiger charge is -2.13. The number of rotatable bonds is 5. The van der Waals surface area contributed by atoms with E-state index in [4.69, 9.17) is 0 Å². The maximum atomic E-state index is 12.8. The molecule has 3 aromatic rings. The second-order valence-corrected chi connectivity index (χ2v) is 9.60. The minimum absolute atomic E-state index is 0.0116. The predicted molar refractivity (Wildman–Crippen MR) is 119 cm³/mol. The molecule has 0 unspecified atom stereocenters. The first-order valence-electron chi connectivity index (χ1n) is 10.2. The Labute approximate surface area is 184 Å². The van der Waals surface area contributed by atoms with Crippen molar-refractivity contribution in [1.29, 1.82) is 0 Å². The summed E-state index contributed by atoms with van der Waals surface area (Å²) < 4.78 is 30.3. The molecule has 0 saturated heterocycles. The normalized spacial score (nSPS) is 14.7. The molecule has 2 aromatic heterocycles. The number of aromatic nitrogens is 3. The van der Waals surface area contributed by atoms with Crippen molar-refractivity contribution in [2.75, 3.05) is 5.32 Å².